The van der Waals surface area contributed by atoms with Crippen LogP contribution in [0.4, 0.5) is 5.69 Å². The van der Waals surface area contributed by atoms with E-state index in [4.69, 9.17) is 34.0 Å². The van der Waals surface area contributed by atoms with Crippen LogP contribution in [0.15, 0.2) is 41.0 Å². The molecule has 1 aromatic heterocycles. The molecule has 0 aliphatic carbocycles. The molecule has 1 aromatic carbocycles. The average molecular weight is 281 g/mol. The van der Waals surface area contributed by atoms with Gasteiger partial charge in [0.15, 0.2) is 0 Å². The minimum absolute atomic E-state index is 0.345. The van der Waals surface area contributed by atoms with E-state index in [1.165, 1.54) is 0 Å². The first-order valence-corrected chi connectivity index (χ1v) is 6.19. The topological polar surface area (TPSA) is 42.4 Å². The van der Waals surface area contributed by atoms with Gasteiger partial charge < -0.3 is 15.1 Å². The van der Waals surface area contributed by atoms with Crippen molar-refractivity contribution >= 4 is 34.5 Å². The molecule has 0 fully saturated rings. The molecule has 0 spiro atoms. The van der Waals surface area contributed by atoms with Crippen LogP contribution < -0.4 is 10.6 Å². The maximum Gasteiger partial charge on any atom is 0.123 e. The van der Waals surface area contributed by atoms with Gasteiger partial charge >= 0.3 is 0 Å². The zero-order valence-corrected chi connectivity index (χ0v) is 11.5. The van der Waals surface area contributed by atoms with E-state index in [0.717, 1.165) is 17.0 Å². The van der Waals surface area contributed by atoms with Crippen LogP contribution in [0.25, 0.3) is 0 Å². The minimum Gasteiger partial charge on any atom is -0.467 e. The van der Waals surface area contributed by atoms with E-state index >= 15 is 0 Å². The monoisotopic (exact) mass is 280 g/mol. The minimum atomic E-state index is 0.345. The summed E-state index contributed by atoms with van der Waals surface area (Å²) in [6, 6.07) is 9.33. The Balaban J connectivity index is 2.20. The summed E-state index contributed by atoms with van der Waals surface area (Å²) in [5.41, 5.74) is 7.24. The van der Waals surface area contributed by atoms with E-state index in [0.29, 0.717) is 16.6 Å². The van der Waals surface area contributed by atoms with Crippen LogP contribution >= 0.6 is 23.8 Å². The zero-order valence-electron chi connectivity index (χ0n) is 9.89. The molecule has 1 heterocycles. The third kappa shape index (κ3) is 2.83. The van der Waals surface area contributed by atoms with Crippen molar-refractivity contribution in [2.24, 2.45) is 5.73 Å². The largest absolute Gasteiger partial charge is 0.467 e. The normalized spacial score (nSPS) is 10.3. The predicted octanol–water partition coefficient (Wildman–Crippen LogP) is 3.20. The van der Waals surface area contributed by atoms with E-state index < -0.39 is 0 Å². The number of hydrogen-bond donors (Lipinski definition) is 1. The van der Waals surface area contributed by atoms with E-state index in [1.54, 1.807) is 12.3 Å². The highest BCUT2D eigenvalue weighted by atomic mass is 35.5. The first kappa shape index (κ1) is 12.9. The van der Waals surface area contributed by atoms with Gasteiger partial charge in [-0.3, -0.25) is 0 Å². The summed E-state index contributed by atoms with van der Waals surface area (Å²) in [7, 11) is 1.95. The number of thiocarbonyl (C=S) groups is 1. The molecule has 0 radical (unpaired) electrons. The van der Waals surface area contributed by atoms with Gasteiger partial charge in [-0.15, -0.1) is 0 Å². The molecule has 0 saturated carbocycles. The lowest BCUT2D eigenvalue weighted by Crippen LogP contribution is -2.17. The molecule has 0 saturated heterocycles. The lowest BCUT2D eigenvalue weighted by atomic mass is 10.2. The third-order valence-corrected chi connectivity index (χ3v) is 3.15. The average Bonchev–Trinajstić information content (AvgIpc) is 2.81. The molecule has 0 unspecified atom stereocenters. The Morgan fingerprint density at radius 3 is 2.78 bits per heavy atom. The summed E-state index contributed by atoms with van der Waals surface area (Å²) >= 11 is 11.1. The summed E-state index contributed by atoms with van der Waals surface area (Å²) in [6.07, 6.45) is 1.65. The highest BCUT2D eigenvalue weighted by Gasteiger charge is 2.09. The number of halogens is 1. The number of benzene rings is 1. The first-order chi connectivity index (χ1) is 8.58. The van der Waals surface area contributed by atoms with E-state index in [9.17, 15) is 0 Å². The van der Waals surface area contributed by atoms with Gasteiger partial charge in [0.25, 0.3) is 0 Å². The Morgan fingerprint density at radius 2 is 2.22 bits per heavy atom. The number of anilines is 1. The molecule has 2 rings (SSSR count). The zero-order chi connectivity index (χ0) is 13.1. The summed E-state index contributed by atoms with van der Waals surface area (Å²) in [5, 5.41) is 0.620. The molecule has 0 aliphatic heterocycles. The van der Waals surface area contributed by atoms with Gasteiger partial charge in [0.2, 0.25) is 0 Å². The maximum atomic E-state index is 6.22. The third-order valence-electron chi connectivity index (χ3n) is 2.62. The van der Waals surface area contributed by atoms with Crippen LogP contribution in [0.3, 0.4) is 0 Å². The number of nitrogens with zero attached hydrogens (tertiary/aromatic N) is 1. The Labute approximate surface area is 116 Å². The molecule has 0 aliphatic rings. The van der Waals surface area contributed by atoms with Crippen molar-refractivity contribution in [1.82, 2.24) is 0 Å². The molecule has 0 bridgehead atoms. The molecule has 3 nitrogen and oxygen atoms in total. The fourth-order valence-corrected chi connectivity index (χ4v) is 2.14. The van der Waals surface area contributed by atoms with Crippen molar-refractivity contribution in [3.05, 3.63) is 52.9 Å². The van der Waals surface area contributed by atoms with Gasteiger partial charge in [-0.05, 0) is 30.3 Å². The second-order valence-electron chi connectivity index (χ2n) is 3.97. The summed E-state index contributed by atoms with van der Waals surface area (Å²) in [5.74, 6) is 0.881. The van der Waals surface area contributed by atoms with Crippen molar-refractivity contribution in [3.8, 4) is 0 Å². The molecular formula is C13H13ClN2OS. The van der Waals surface area contributed by atoms with Gasteiger partial charge in [0, 0.05) is 12.6 Å². The standard InChI is InChI=1S/C13H13ClN2OS/c1-16(8-10-3-2-6-17-10)12-5-4-9(13(15)18)7-11(12)14/h2-7H,8H2,1H3,(H2,15,18). The van der Waals surface area contributed by atoms with Crippen LogP contribution in [0.5, 0.6) is 0 Å². The van der Waals surface area contributed by atoms with Gasteiger partial charge in [0.1, 0.15) is 10.7 Å². The molecule has 0 amide bonds. The molecule has 5 heteroatoms. The highest BCUT2D eigenvalue weighted by Crippen LogP contribution is 2.27. The molecule has 94 valence electrons. The fraction of sp³-hybridized carbons (Fsp3) is 0.154. The van der Waals surface area contributed by atoms with Crippen molar-refractivity contribution in [1.29, 1.82) is 0 Å². The second kappa shape index (κ2) is 5.42. The molecule has 2 N–H and O–H groups in total. The lowest BCUT2D eigenvalue weighted by Gasteiger charge is -2.19. The molecular weight excluding hydrogens is 268 g/mol. The summed E-state index contributed by atoms with van der Waals surface area (Å²) in [6.45, 7) is 0.652. The molecule has 2 aromatic rings. The summed E-state index contributed by atoms with van der Waals surface area (Å²) < 4.78 is 5.30. The SMILES string of the molecule is CN(Cc1ccco1)c1ccc(C(N)=S)cc1Cl. The van der Waals surface area contributed by atoms with Crippen LogP contribution in [0.2, 0.25) is 5.02 Å². The van der Waals surface area contributed by atoms with Gasteiger partial charge in [-0.1, -0.05) is 23.8 Å². The summed E-state index contributed by atoms with van der Waals surface area (Å²) in [4.78, 5) is 2.35. The highest BCUT2D eigenvalue weighted by molar-refractivity contribution is 7.80. The Hall–Kier alpha value is -1.52. The van der Waals surface area contributed by atoms with Crippen LogP contribution in [0, 0.1) is 0 Å². The predicted molar refractivity (Wildman–Crippen MR) is 78.2 cm³/mol. The lowest BCUT2D eigenvalue weighted by molar-refractivity contribution is 0.507. The quantitative estimate of drug-likeness (QED) is 0.874. The second-order valence-corrected chi connectivity index (χ2v) is 4.81. The molecule has 0 atom stereocenters. The maximum absolute atomic E-state index is 6.22. The van der Waals surface area contributed by atoms with Gasteiger partial charge in [-0.2, -0.15) is 0 Å². The van der Waals surface area contributed by atoms with Crippen LogP contribution in [0.1, 0.15) is 11.3 Å². The van der Waals surface area contributed by atoms with E-state index in [2.05, 4.69) is 0 Å². The van der Waals surface area contributed by atoms with Gasteiger partial charge in [0.05, 0.1) is 23.5 Å². The van der Waals surface area contributed by atoms with Crippen LogP contribution in [-0.4, -0.2) is 12.0 Å². The van der Waals surface area contributed by atoms with Crippen molar-refractivity contribution < 1.29 is 4.42 Å². The fourth-order valence-electron chi connectivity index (χ4n) is 1.69. The van der Waals surface area contributed by atoms with Crippen molar-refractivity contribution in [2.75, 3.05) is 11.9 Å². The van der Waals surface area contributed by atoms with E-state index in [1.807, 2.05) is 36.2 Å². The first-order valence-electron chi connectivity index (χ1n) is 5.41. The number of hydrogen-bond acceptors (Lipinski definition) is 3. The number of rotatable bonds is 4. The Kier molecular flexibility index (Phi) is 3.89. The van der Waals surface area contributed by atoms with E-state index in [-0.39, 0.29) is 0 Å². The van der Waals surface area contributed by atoms with Crippen LogP contribution in [-0.2, 0) is 6.54 Å². The number of nitrogens with two attached hydrogens (primary N) is 1. The Bertz CT molecular complexity index is 554. The smallest absolute Gasteiger partial charge is 0.123 e. The van der Waals surface area contributed by atoms with Crippen molar-refractivity contribution in [3.63, 3.8) is 0 Å². The van der Waals surface area contributed by atoms with Crippen molar-refractivity contribution in [2.45, 2.75) is 6.54 Å². The Morgan fingerprint density at radius 1 is 1.44 bits per heavy atom. The number of furan rings is 1. The van der Waals surface area contributed by atoms with Gasteiger partial charge in [-0.25, -0.2) is 0 Å². The molecule has 18 heavy (non-hydrogen) atoms.